The molecular weight excluding hydrogens is 409 g/mol. The lowest BCUT2D eigenvalue weighted by Gasteiger charge is -2.34. The van der Waals surface area contributed by atoms with Gasteiger partial charge < -0.3 is 24.3 Å². The van der Waals surface area contributed by atoms with Crippen LogP contribution in [0.1, 0.15) is 77.4 Å². The van der Waals surface area contributed by atoms with Gasteiger partial charge in [0.2, 0.25) is 0 Å². The second kappa shape index (κ2) is 8.67. The molecule has 3 rings (SSSR count). The first-order valence-corrected chi connectivity index (χ1v) is 11.3. The number of piperidine rings is 1. The Morgan fingerprint density at radius 3 is 2.44 bits per heavy atom. The average Bonchev–Trinajstić information content (AvgIpc) is 2.87. The number of hydrogen-bond donors (Lipinski definition) is 1. The highest BCUT2D eigenvalue weighted by Crippen LogP contribution is 2.36. The third kappa shape index (κ3) is 5.43. The monoisotopic (exact) mass is 445 g/mol. The summed E-state index contributed by atoms with van der Waals surface area (Å²) >= 11 is 0. The number of nitrogens with one attached hydrogen (secondary N) is 1. The molecule has 1 N–H and O–H groups in total. The van der Waals surface area contributed by atoms with Gasteiger partial charge in [0.1, 0.15) is 5.60 Å². The summed E-state index contributed by atoms with van der Waals surface area (Å²) in [6.07, 6.45) is 2.85. The second-order valence-corrected chi connectivity index (χ2v) is 10.7. The van der Waals surface area contributed by atoms with Crippen molar-refractivity contribution in [3.63, 3.8) is 0 Å². The van der Waals surface area contributed by atoms with E-state index in [0.717, 1.165) is 18.3 Å². The van der Waals surface area contributed by atoms with Crippen LogP contribution in [0.4, 0.5) is 4.79 Å². The van der Waals surface area contributed by atoms with Crippen molar-refractivity contribution in [2.45, 2.75) is 91.1 Å². The summed E-state index contributed by atoms with van der Waals surface area (Å²) in [4.78, 5) is 31.7. The van der Waals surface area contributed by atoms with Crippen LogP contribution in [-0.2, 0) is 14.0 Å². The van der Waals surface area contributed by atoms with Crippen LogP contribution >= 0.6 is 0 Å². The fraction of sp³-hybridized carbons (Fsp3) is 0.696. The van der Waals surface area contributed by atoms with Gasteiger partial charge in [0.25, 0.3) is 5.91 Å². The van der Waals surface area contributed by atoms with Gasteiger partial charge in [-0.3, -0.25) is 9.78 Å². The van der Waals surface area contributed by atoms with Crippen molar-refractivity contribution >= 4 is 24.6 Å². The molecule has 3 heterocycles. The van der Waals surface area contributed by atoms with E-state index in [1.54, 1.807) is 11.1 Å². The molecule has 0 saturated carbocycles. The Morgan fingerprint density at radius 2 is 1.84 bits per heavy atom. The number of nitrogens with zero attached hydrogens (tertiary/aromatic N) is 2. The maximum Gasteiger partial charge on any atom is 0.496 e. The third-order valence-electron chi connectivity index (χ3n) is 6.29. The van der Waals surface area contributed by atoms with Crippen LogP contribution in [0.15, 0.2) is 12.3 Å². The van der Waals surface area contributed by atoms with E-state index < -0.39 is 30.0 Å². The molecule has 0 radical (unpaired) electrons. The second-order valence-electron chi connectivity index (χ2n) is 10.7. The van der Waals surface area contributed by atoms with Gasteiger partial charge >= 0.3 is 13.2 Å². The molecule has 0 unspecified atom stereocenters. The molecule has 1 atom stereocenters. The van der Waals surface area contributed by atoms with E-state index in [1.165, 1.54) is 0 Å². The molecule has 0 aromatic carbocycles. The third-order valence-corrected chi connectivity index (χ3v) is 6.29. The van der Waals surface area contributed by atoms with E-state index in [2.05, 4.69) is 10.3 Å². The van der Waals surface area contributed by atoms with Crippen LogP contribution in [0.5, 0.6) is 0 Å². The van der Waals surface area contributed by atoms with E-state index in [1.807, 2.05) is 61.5 Å². The van der Waals surface area contributed by atoms with Crippen molar-refractivity contribution < 1.29 is 23.6 Å². The lowest BCUT2D eigenvalue weighted by atomic mass is 9.79. The molecule has 176 valence electrons. The van der Waals surface area contributed by atoms with Crippen molar-refractivity contribution in [3.8, 4) is 0 Å². The minimum absolute atomic E-state index is 0.107. The molecule has 2 fully saturated rings. The molecule has 0 bridgehead atoms. The quantitative estimate of drug-likeness (QED) is 0.720. The van der Waals surface area contributed by atoms with E-state index in [-0.39, 0.29) is 11.9 Å². The molecule has 0 aliphatic carbocycles. The van der Waals surface area contributed by atoms with Crippen molar-refractivity contribution in [2.24, 2.45) is 0 Å². The van der Waals surface area contributed by atoms with Crippen molar-refractivity contribution in [1.82, 2.24) is 15.2 Å². The van der Waals surface area contributed by atoms with Crippen LogP contribution in [0, 0.1) is 6.92 Å². The van der Waals surface area contributed by atoms with E-state index in [0.29, 0.717) is 24.3 Å². The number of aromatic nitrogens is 1. The number of rotatable bonds is 3. The molecule has 2 saturated heterocycles. The van der Waals surface area contributed by atoms with Crippen molar-refractivity contribution in [3.05, 3.63) is 23.5 Å². The van der Waals surface area contributed by atoms with E-state index in [9.17, 15) is 9.59 Å². The predicted octanol–water partition coefficient (Wildman–Crippen LogP) is 2.82. The van der Waals surface area contributed by atoms with E-state index in [4.69, 9.17) is 14.0 Å². The number of hydrogen-bond acceptors (Lipinski definition) is 6. The predicted molar refractivity (Wildman–Crippen MR) is 123 cm³/mol. The Morgan fingerprint density at radius 1 is 1.22 bits per heavy atom. The smallest absolute Gasteiger partial charge is 0.444 e. The molecule has 2 aliphatic heterocycles. The standard InChI is InChI=1S/C23H36BN3O5/c1-15-18(12-16(13-25-15)24-31-22(5,6)23(7,8)32-24)19(28)27-11-9-10-17(14-27)26-20(29)30-21(2,3)4/h12-13,17H,9-11,14H2,1-8H3,(H,26,29)/t17-/m1/s1. The van der Waals surface area contributed by atoms with Crippen LogP contribution in [-0.4, -0.2) is 64.9 Å². The molecule has 1 aromatic rings. The Kier molecular flexibility index (Phi) is 6.64. The average molecular weight is 445 g/mol. The van der Waals surface area contributed by atoms with E-state index >= 15 is 0 Å². The van der Waals surface area contributed by atoms with Gasteiger partial charge in [-0.2, -0.15) is 0 Å². The highest BCUT2D eigenvalue weighted by molar-refractivity contribution is 6.62. The van der Waals surface area contributed by atoms with Gasteiger partial charge in [-0.25, -0.2) is 4.79 Å². The fourth-order valence-electron chi connectivity index (χ4n) is 3.80. The molecule has 8 nitrogen and oxygen atoms in total. The Labute approximate surface area is 191 Å². The summed E-state index contributed by atoms with van der Waals surface area (Å²) in [7, 11) is -0.581. The topological polar surface area (TPSA) is 90.0 Å². The summed E-state index contributed by atoms with van der Waals surface area (Å²) in [6.45, 7) is 16.3. The van der Waals surface area contributed by atoms with Gasteiger partial charge in [-0.05, 0) is 74.3 Å². The largest absolute Gasteiger partial charge is 0.496 e. The van der Waals surface area contributed by atoms with Crippen LogP contribution in [0.2, 0.25) is 0 Å². The van der Waals surface area contributed by atoms with Gasteiger partial charge in [-0.1, -0.05) is 0 Å². The minimum Gasteiger partial charge on any atom is -0.444 e. The number of alkyl carbamates (subject to hydrolysis) is 1. The summed E-state index contributed by atoms with van der Waals surface area (Å²) in [5, 5.41) is 2.89. The number of amides is 2. The Bertz CT molecular complexity index is 865. The first kappa shape index (κ1) is 24.5. The number of aryl methyl sites for hydroxylation is 1. The van der Waals surface area contributed by atoms with Crippen molar-refractivity contribution in [2.75, 3.05) is 13.1 Å². The molecule has 0 spiro atoms. The van der Waals surface area contributed by atoms with Crippen LogP contribution in [0.3, 0.4) is 0 Å². The summed E-state index contributed by atoms with van der Waals surface area (Å²) in [6, 6.07) is 1.67. The number of ether oxygens (including phenoxy) is 1. The minimum atomic E-state index is -0.581. The molecule has 2 aliphatic rings. The Hall–Kier alpha value is -2.13. The van der Waals surface area contributed by atoms with Gasteiger partial charge in [0.05, 0.1) is 16.8 Å². The molecule has 32 heavy (non-hydrogen) atoms. The first-order valence-electron chi connectivity index (χ1n) is 11.3. The first-order chi connectivity index (χ1) is 14.7. The number of carbonyl (C=O) groups excluding carboxylic acids is 2. The van der Waals surface area contributed by atoms with Crippen molar-refractivity contribution in [1.29, 1.82) is 0 Å². The fourth-order valence-corrected chi connectivity index (χ4v) is 3.80. The summed E-state index contributed by atoms with van der Waals surface area (Å²) in [5.41, 5.74) is 0.385. The van der Waals surface area contributed by atoms with Crippen LogP contribution in [0.25, 0.3) is 0 Å². The summed E-state index contributed by atoms with van der Waals surface area (Å²) in [5.74, 6) is -0.107. The van der Waals surface area contributed by atoms with Gasteiger partial charge in [0, 0.05) is 36.5 Å². The van der Waals surface area contributed by atoms with Crippen LogP contribution < -0.4 is 10.8 Å². The SMILES string of the molecule is Cc1ncc(B2OC(C)(C)C(C)(C)O2)cc1C(=O)N1CCC[C@@H](NC(=O)OC(C)(C)C)C1. The number of likely N-dealkylation sites (tertiary alicyclic amines) is 1. The molecular formula is C23H36BN3O5. The zero-order valence-corrected chi connectivity index (χ0v) is 20.6. The summed E-state index contributed by atoms with van der Waals surface area (Å²) < 4.78 is 17.6. The maximum atomic E-state index is 13.4. The number of pyridine rings is 1. The Balaban J connectivity index is 1.72. The maximum absolute atomic E-state index is 13.4. The molecule has 2 amide bonds. The van der Waals surface area contributed by atoms with Gasteiger partial charge in [-0.15, -0.1) is 0 Å². The van der Waals surface area contributed by atoms with Gasteiger partial charge in [0.15, 0.2) is 0 Å². The highest BCUT2D eigenvalue weighted by Gasteiger charge is 2.52. The normalized spacial score (nSPS) is 22.6. The molecule has 9 heteroatoms. The zero-order valence-electron chi connectivity index (χ0n) is 20.6. The number of carbonyl (C=O) groups is 2. The lowest BCUT2D eigenvalue weighted by Crippen LogP contribution is -2.50. The zero-order chi connectivity index (χ0) is 23.9. The highest BCUT2D eigenvalue weighted by atomic mass is 16.7. The molecule has 1 aromatic heterocycles. The lowest BCUT2D eigenvalue weighted by molar-refractivity contribution is 0.00578.